The van der Waals surface area contributed by atoms with E-state index in [-0.39, 0.29) is 21.9 Å². The van der Waals surface area contributed by atoms with Crippen LogP contribution in [-0.4, -0.2) is 23.0 Å². The van der Waals surface area contributed by atoms with Gasteiger partial charge in [-0.1, -0.05) is 40.9 Å². The number of nitrogens with one attached hydrogen (secondary N) is 1. The molecule has 0 saturated carbocycles. The van der Waals surface area contributed by atoms with Crippen LogP contribution < -0.4 is 10.2 Å². The summed E-state index contributed by atoms with van der Waals surface area (Å²) in [7, 11) is 0. The number of esters is 1. The summed E-state index contributed by atoms with van der Waals surface area (Å²) in [6.45, 7) is 0. The molecule has 0 aliphatic rings. The minimum Gasteiger partial charge on any atom is -0.415 e. The van der Waals surface area contributed by atoms with Crippen molar-refractivity contribution in [1.82, 2.24) is 5.43 Å². The number of carbonyl (C=O) groups is 2. The highest BCUT2D eigenvalue weighted by atomic mass is 35.5. The smallest absolute Gasteiger partial charge is 0.345 e. The zero-order valence-corrected chi connectivity index (χ0v) is 18.2. The number of nitro groups is 1. The highest BCUT2D eigenvalue weighted by molar-refractivity contribution is 6.36. The van der Waals surface area contributed by atoms with E-state index in [0.29, 0.717) is 15.6 Å². The Balaban J connectivity index is 1.86. The number of rotatable bonds is 6. The van der Waals surface area contributed by atoms with Crippen LogP contribution in [0.15, 0.2) is 65.8 Å². The fourth-order valence-corrected chi connectivity index (χ4v) is 3.14. The first-order chi connectivity index (χ1) is 15.3. The molecule has 32 heavy (non-hydrogen) atoms. The first-order valence-electron chi connectivity index (χ1n) is 8.80. The molecule has 1 amide bonds. The number of ether oxygens (including phenoxy) is 1. The molecular weight excluding hydrogens is 481 g/mol. The minimum absolute atomic E-state index is 0.0199. The van der Waals surface area contributed by atoms with E-state index in [1.54, 1.807) is 12.1 Å². The number of hydrogen-bond donors (Lipinski definition) is 1. The van der Waals surface area contributed by atoms with Gasteiger partial charge >= 0.3 is 11.7 Å². The maximum atomic E-state index is 12.6. The molecule has 0 atom stereocenters. The number of hydrogen-bond acceptors (Lipinski definition) is 6. The summed E-state index contributed by atoms with van der Waals surface area (Å²) in [4.78, 5) is 35.4. The molecule has 0 heterocycles. The molecule has 0 unspecified atom stereocenters. The Labute approximate surface area is 196 Å². The number of para-hydroxylation sites is 1. The van der Waals surface area contributed by atoms with Gasteiger partial charge < -0.3 is 4.74 Å². The highest BCUT2D eigenvalue weighted by Crippen LogP contribution is 2.32. The molecule has 0 spiro atoms. The molecule has 0 aliphatic heterocycles. The number of hydrazone groups is 1. The van der Waals surface area contributed by atoms with Crippen molar-refractivity contribution in [1.29, 1.82) is 0 Å². The van der Waals surface area contributed by atoms with Gasteiger partial charge in [-0.3, -0.25) is 14.9 Å². The maximum absolute atomic E-state index is 12.6. The summed E-state index contributed by atoms with van der Waals surface area (Å²) in [5, 5.41) is 16.0. The lowest BCUT2D eigenvalue weighted by Gasteiger charge is -2.09. The molecule has 1 N–H and O–H groups in total. The number of halogens is 3. The second-order valence-corrected chi connectivity index (χ2v) is 7.45. The van der Waals surface area contributed by atoms with E-state index in [2.05, 4.69) is 10.5 Å². The van der Waals surface area contributed by atoms with Crippen LogP contribution in [0.25, 0.3) is 0 Å². The lowest BCUT2D eigenvalue weighted by Crippen LogP contribution is -2.17. The van der Waals surface area contributed by atoms with Crippen molar-refractivity contribution in [2.45, 2.75) is 0 Å². The summed E-state index contributed by atoms with van der Waals surface area (Å²) in [5.74, 6) is -1.83. The molecule has 162 valence electrons. The normalized spacial score (nSPS) is 10.7. The van der Waals surface area contributed by atoms with Crippen LogP contribution in [0, 0.1) is 10.1 Å². The first kappa shape index (κ1) is 23.2. The molecule has 0 bridgehead atoms. The topological polar surface area (TPSA) is 111 Å². The molecule has 3 aromatic carbocycles. The van der Waals surface area contributed by atoms with Gasteiger partial charge in [0.2, 0.25) is 5.75 Å². The Kier molecular flexibility index (Phi) is 7.42. The van der Waals surface area contributed by atoms with E-state index in [9.17, 15) is 19.7 Å². The Morgan fingerprint density at radius 3 is 2.34 bits per heavy atom. The average molecular weight is 493 g/mol. The summed E-state index contributed by atoms with van der Waals surface area (Å²) < 4.78 is 5.27. The van der Waals surface area contributed by atoms with Crippen LogP contribution in [0.5, 0.6) is 5.75 Å². The van der Waals surface area contributed by atoms with Gasteiger partial charge in [-0.2, -0.15) is 5.10 Å². The molecule has 0 aliphatic carbocycles. The van der Waals surface area contributed by atoms with E-state index < -0.39 is 22.5 Å². The van der Waals surface area contributed by atoms with Crippen molar-refractivity contribution in [2.24, 2.45) is 5.10 Å². The van der Waals surface area contributed by atoms with Gasteiger partial charge in [-0.05, 0) is 48.5 Å². The van der Waals surface area contributed by atoms with Crippen LogP contribution in [0.3, 0.4) is 0 Å². The Hall–Kier alpha value is -3.46. The van der Waals surface area contributed by atoms with Crippen LogP contribution in [0.1, 0.15) is 26.3 Å². The van der Waals surface area contributed by atoms with Crippen molar-refractivity contribution in [3.8, 4) is 5.75 Å². The summed E-state index contributed by atoms with van der Waals surface area (Å²) >= 11 is 17.6. The predicted octanol–water partition coefficient (Wildman–Crippen LogP) is 5.54. The molecule has 11 heteroatoms. The largest absolute Gasteiger partial charge is 0.415 e. The molecule has 0 saturated heterocycles. The number of nitrogens with zero attached hydrogens (tertiary/aromatic N) is 2. The third kappa shape index (κ3) is 5.61. The number of carbonyl (C=O) groups excluding carboxylic acids is 2. The summed E-state index contributed by atoms with van der Waals surface area (Å²) in [6.07, 6.45) is 1.12. The minimum atomic E-state index is -0.930. The molecular formula is C21H12Cl3N3O5. The molecule has 0 fully saturated rings. The maximum Gasteiger partial charge on any atom is 0.345 e. The van der Waals surface area contributed by atoms with Gasteiger partial charge in [-0.15, -0.1) is 0 Å². The van der Waals surface area contributed by atoms with Crippen LogP contribution in [0.4, 0.5) is 5.69 Å². The van der Waals surface area contributed by atoms with E-state index in [4.69, 9.17) is 39.5 Å². The Morgan fingerprint density at radius 1 is 1.00 bits per heavy atom. The second-order valence-electron chi connectivity index (χ2n) is 6.17. The van der Waals surface area contributed by atoms with Crippen molar-refractivity contribution in [3.63, 3.8) is 0 Å². The average Bonchev–Trinajstić information content (AvgIpc) is 2.74. The van der Waals surface area contributed by atoms with E-state index >= 15 is 0 Å². The quantitative estimate of drug-likeness (QED) is 0.160. The van der Waals surface area contributed by atoms with Gasteiger partial charge in [0.25, 0.3) is 5.91 Å². The van der Waals surface area contributed by atoms with Crippen molar-refractivity contribution in [3.05, 3.63) is 103 Å². The highest BCUT2D eigenvalue weighted by Gasteiger charge is 2.23. The fourth-order valence-electron chi connectivity index (χ4n) is 2.53. The lowest BCUT2D eigenvalue weighted by atomic mass is 10.1. The molecule has 3 aromatic rings. The molecule has 3 rings (SSSR count). The van der Waals surface area contributed by atoms with Gasteiger partial charge in [0.1, 0.15) is 0 Å². The fraction of sp³-hybridized carbons (Fsp3) is 0. The Bertz CT molecular complexity index is 1230. The standard InChI is InChI=1S/C21H12Cl3N3O5/c22-14-6-4-12(5-7-14)20(28)26-25-11-13-2-1-3-18(27(30)31)19(13)32-21(29)16-9-8-15(23)10-17(16)24/h1-11H,(H,26,28)/b25-11+. The third-order valence-corrected chi connectivity index (χ3v) is 4.84. The van der Waals surface area contributed by atoms with E-state index in [0.717, 1.165) is 12.3 Å². The van der Waals surface area contributed by atoms with E-state index in [1.165, 1.54) is 42.5 Å². The predicted molar refractivity (Wildman–Crippen MR) is 121 cm³/mol. The van der Waals surface area contributed by atoms with Gasteiger partial charge in [0.15, 0.2) is 0 Å². The first-order valence-corrected chi connectivity index (χ1v) is 9.93. The van der Waals surface area contributed by atoms with Crippen molar-refractivity contribution >= 4 is 58.6 Å². The second kappa shape index (κ2) is 10.2. The molecule has 0 aromatic heterocycles. The number of benzene rings is 3. The molecule has 0 radical (unpaired) electrons. The van der Waals surface area contributed by atoms with Gasteiger partial charge in [0.05, 0.1) is 21.7 Å². The van der Waals surface area contributed by atoms with Crippen molar-refractivity contribution in [2.75, 3.05) is 0 Å². The van der Waals surface area contributed by atoms with E-state index in [1.807, 2.05) is 0 Å². The number of nitro benzene ring substituents is 1. The Morgan fingerprint density at radius 2 is 1.69 bits per heavy atom. The third-order valence-electron chi connectivity index (χ3n) is 4.04. The number of amides is 1. The summed E-state index contributed by atoms with van der Waals surface area (Å²) in [6, 6.07) is 14.2. The summed E-state index contributed by atoms with van der Waals surface area (Å²) in [5.41, 5.74) is 2.15. The zero-order valence-electron chi connectivity index (χ0n) is 15.9. The van der Waals surface area contributed by atoms with Crippen LogP contribution in [-0.2, 0) is 0 Å². The zero-order chi connectivity index (χ0) is 23.3. The van der Waals surface area contributed by atoms with Crippen LogP contribution >= 0.6 is 34.8 Å². The van der Waals surface area contributed by atoms with Crippen molar-refractivity contribution < 1.29 is 19.2 Å². The van der Waals surface area contributed by atoms with Gasteiger partial charge in [-0.25, -0.2) is 10.2 Å². The lowest BCUT2D eigenvalue weighted by molar-refractivity contribution is -0.385. The molecule has 8 nitrogen and oxygen atoms in total. The SMILES string of the molecule is O=C(N/N=C/c1cccc([N+](=O)[O-])c1OC(=O)c1ccc(Cl)cc1Cl)c1ccc(Cl)cc1. The van der Waals surface area contributed by atoms with Crippen LogP contribution in [0.2, 0.25) is 15.1 Å². The van der Waals surface area contributed by atoms with Gasteiger partial charge in [0, 0.05) is 27.2 Å². The monoisotopic (exact) mass is 491 g/mol.